The Labute approximate surface area is 107 Å². The second-order valence-electron chi connectivity index (χ2n) is 4.76. The number of nitrogens with one attached hydrogen (secondary N) is 1. The Morgan fingerprint density at radius 3 is 2.56 bits per heavy atom. The first-order valence-electron chi connectivity index (χ1n) is 6.08. The topological polar surface area (TPSA) is 75.4 Å². The summed E-state index contributed by atoms with van der Waals surface area (Å²) >= 11 is 0. The second-order valence-corrected chi connectivity index (χ2v) is 4.76. The second kappa shape index (κ2) is 6.35. The number of nitro benzene ring substituents is 1. The van der Waals surface area contributed by atoms with E-state index in [-0.39, 0.29) is 18.3 Å². The van der Waals surface area contributed by atoms with E-state index in [0.717, 1.165) is 11.3 Å². The Kier molecular flexibility index (Phi) is 5.09. The normalized spacial score (nSPS) is 12.5. The molecule has 0 amide bonds. The molecule has 0 saturated carbocycles. The fourth-order valence-corrected chi connectivity index (χ4v) is 1.83. The van der Waals surface area contributed by atoms with Crippen LogP contribution in [0.4, 0.5) is 11.4 Å². The van der Waals surface area contributed by atoms with Crippen LogP contribution < -0.4 is 5.32 Å². The van der Waals surface area contributed by atoms with E-state index >= 15 is 0 Å². The molecule has 1 aromatic rings. The Hall–Kier alpha value is -1.62. The molecule has 0 aliphatic heterocycles. The Morgan fingerprint density at radius 2 is 2.11 bits per heavy atom. The van der Waals surface area contributed by atoms with Crippen LogP contribution >= 0.6 is 0 Å². The summed E-state index contributed by atoms with van der Waals surface area (Å²) in [5.74, 6) is 0.381. The number of benzene rings is 1. The average molecular weight is 252 g/mol. The smallest absolute Gasteiger partial charge is 0.269 e. The lowest BCUT2D eigenvalue weighted by atomic mass is 10.0. The molecule has 1 aromatic carbocycles. The lowest BCUT2D eigenvalue weighted by molar-refractivity contribution is -0.384. The van der Waals surface area contributed by atoms with Crippen molar-refractivity contribution in [3.05, 3.63) is 33.9 Å². The zero-order chi connectivity index (χ0) is 13.7. The van der Waals surface area contributed by atoms with Crippen molar-refractivity contribution in [1.82, 2.24) is 0 Å². The van der Waals surface area contributed by atoms with E-state index in [2.05, 4.69) is 19.2 Å². The zero-order valence-electron chi connectivity index (χ0n) is 11.0. The first-order valence-corrected chi connectivity index (χ1v) is 6.08. The average Bonchev–Trinajstić information content (AvgIpc) is 2.30. The highest BCUT2D eigenvalue weighted by atomic mass is 16.6. The van der Waals surface area contributed by atoms with Gasteiger partial charge in [0.2, 0.25) is 0 Å². The van der Waals surface area contributed by atoms with Gasteiger partial charge in [-0.2, -0.15) is 0 Å². The molecule has 0 aliphatic carbocycles. The van der Waals surface area contributed by atoms with Crippen molar-refractivity contribution in [2.75, 3.05) is 11.9 Å². The number of anilines is 1. The largest absolute Gasteiger partial charge is 0.396 e. The third-order valence-electron chi connectivity index (χ3n) is 3.01. The van der Waals surface area contributed by atoms with Crippen LogP contribution in [0.2, 0.25) is 0 Å². The van der Waals surface area contributed by atoms with Crippen LogP contribution in [0.1, 0.15) is 25.8 Å². The van der Waals surface area contributed by atoms with Gasteiger partial charge < -0.3 is 10.4 Å². The van der Waals surface area contributed by atoms with Crippen LogP contribution in [0, 0.1) is 23.0 Å². The number of aliphatic hydroxyl groups is 1. The molecular weight excluding hydrogens is 232 g/mol. The van der Waals surface area contributed by atoms with Crippen molar-refractivity contribution in [2.45, 2.75) is 33.2 Å². The summed E-state index contributed by atoms with van der Waals surface area (Å²) in [6, 6.07) is 4.93. The van der Waals surface area contributed by atoms with Crippen molar-refractivity contribution in [1.29, 1.82) is 0 Å². The Bertz CT molecular complexity index is 419. The van der Waals surface area contributed by atoms with Gasteiger partial charge in [-0.05, 0) is 30.9 Å². The minimum Gasteiger partial charge on any atom is -0.396 e. The van der Waals surface area contributed by atoms with Gasteiger partial charge in [0, 0.05) is 30.5 Å². The van der Waals surface area contributed by atoms with Crippen LogP contribution in [0.25, 0.3) is 0 Å². The molecule has 5 heteroatoms. The number of hydrogen-bond donors (Lipinski definition) is 2. The SMILES string of the molecule is Cc1cc([N+](=O)[O-])ccc1NC(CCO)C(C)C. The number of nitrogens with zero attached hydrogens (tertiary/aromatic N) is 1. The van der Waals surface area contributed by atoms with Gasteiger partial charge in [0.05, 0.1) is 4.92 Å². The molecule has 0 radical (unpaired) electrons. The molecule has 0 saturated heterocycles. The first kappa shape index (κ1) is 14.4. The van der Waals surface area contributed by atoms with Crippen LogP contribution in [-0.2, 0) is 0 Å². The van der Waals surface area contributed by atoms with Crippen LogP contribution in [0.5, 0.6) is 0 Å². The molecule has 0 heterocycles. The number of rotatable bonds is 6. The predicted molar refractivity (Wildman–Crippen MR) is 71.8 cm³/mol. The Balaban J connectivity index is 2.86. The molecule has 0 bridgehead atoms. The maximum Gasteiger partial charge on any atom is 0.269 e. The molecule has 100 valence electrons. The lowest BCUT2D eigenvalue weighted by Crippen LogP contribution is -2.27. The summed E-state index contributed by atoms with van der Waals surface area (Å²) in [5.41, 5.74) is 1.82. The van der Waals surface area contributed by atoms with E-state index in [1.807, 2.05) is 6.92 Å². The molecule has 2 N–H and O–H groups in total. The van der Waals surface area contributed by atoms with Crippen molar-refractivity contribution in [3.8, 4) is 0 Å². The molecule has 1 atom stereocenters. The van der Waals surface area contributed by atoms with Gasteiger partial charge in [-0.15, -0.1) is 0 Å². The van der Waals surface area contributed by atoms with Crippen molar-refractivity contribution in [3.63, 3.8) is 0 Å². The van der Waals surface area contributed by atoms with Gasteiger partial charge >= 0.3 is 0 Å². The molecular formula is C13H20N2O3. The van der Waals surface area contributed by atoms with Gasteiger partial charge in [0.15, 0.2) is 0 Å². The predicted octanol–water partition coefficient (Wildman–Crippen LogP) is 2.72. The molecule has 0 aromatic heterocycles. The summed E-state index contributed by atoms with van der Waals surface area (Å²) in [6.45, 7) is 6.12. The maximum atomic E-state index is 10.6. The summed E-state index contributed by atoms with van der Waals surface area (Å²) in [7, 11) is 0. The fourth-order valence-electron chi connectivity index (χ4n) is 1.83. The van der Waals surface area contributed by atoms with Crippen molar-refractivity contribution >= 4 is 11.4 Å². The third kappa shape index (κ3) is 3.70. The van der Waals surface area contributed by atoms with E-state index in [4.69, 9.17) is 5.11 Å². The third-order valence-corrected chi connectivity index (χ3v) is 3.01. The molecule has 0 spiro atoms. The van der Waals surface area contributed by atoms with E-state index < -0.39 is 4.92 Å². The monoisotopic (exact) mass is 252 g/mol. The summed E-state index contributed by atoms with van der Waals surface area (Å²) in [5, 5.41) is 23.0. The number of hydrogen-bond acceptors (Lipinski definition) is 4. The number of non-ortho nitro benzene ring substituents is 1. The molecule has 18 heavy (non-hydrogen) atoms. The minimum absolute atomic E-state index is 0.0984. The van der Waals surface area contributed by atoms with E-state index in [0.29, 0.717) is 12.3 Å². The highest BCUT2D eigenvalue weighted by molar-refractivity contribution is 5.55. The quantitative estimate of drug-likeness (QED) is 0.603. The Morgan fingerprint density at radius 1 is 1.44 bits per heavy atom. The van der Waals surface area contributed by atoms with Gasteiger partial charge in [-0.3, -0.25) is 10.1 Å². The molecule has 1 unspecified atom stereocenters. The number of nitro groups is 1. The van der Waals surface area contributed by atoms with Crippen molar-refractivity contribution < 1.29 is 10.0 Å². The van der Waals surface area contributed by atoms with Crippen LogP contribution in [-0.4, -0.2) is 22.7 Å². The molecule has 0 aliphatic rings. The number of aliphatic hydroxyl groups excluding tert-OH is 1. The molecule has 5 nitrogen and oxygen atoms in total. The highest BCUT2D eigenvalue weighted by Gasteiger charge is 2.15. The van der Waals surface area contributed by atoms with Crippen LogP contribution in [0.3, 0.4) is 0 Å². The minimum atomic E-state index is -0.398. The fraction of sp³-hybridized carbons (Fsp3) is 0.538. The standard InChI is InChI=1S/C13H20N2O3/c1-9(2)12(6-7-16)14-13-5-4-11(15(17)18)8-10(13)3/h4-5,8-9,12,14,16H,6-7H2,1-3H3. The van der Waals surface area contributed by atoms with Gasteiger partial charge in [0.25, 0.3) is 5.69 Å². The van der Waals surface area contributed by atoms with E-state index in [1.165, 1.54) is 6.07 Å². The summed E-state index contributed by atoms with van der Waals surface area (Å²) < 4.78 is 0. The maximum absolute atomic E-state index is 10.6. The molecule has 1 rings (SSSR count). The van der Waals surface area contributed by atoms with E-state index in [1.54, 1.807) is 12.1 Å². The zero-order valence-corrected chi connectivity index (χ0v) is 11.0. The summed E-state index contributed by atoms with van der Waals surface area (Å²) in [6.07, 6.45) is 0.661. The van der Waals surface area contributed by atoms with Gasteiger partial charge in [-0.25, -0.2) is 0 Å². The summed E-state index contributed by atoms with van der Waals surface area (Å²) in [4.78, 5) is 10.3. The van der Waals surface area contributed by atoms with Crippen LogP contribution in [0.15, 0.2) is 18.2 Å². The van der Waals surface area contributed by atoms with Gasteiger partial charge in [-0.1, -0.05) is 13.8 Å². The number of aryl methyl sites for hydroxylation is 1. The first-order chi connectivity index (χ1) is 8.45. The lowest BCUT2D eigenvalue weighted by Gasteiger charge is -2.23. The van der Waals surface area contributed by atoms with E-state index in [9.17, 15) is 10.1 Å². The highest BCUT2D eigenvalue weighted by Crippen LogP contribution is 2.23. The molecule has 0 fully saturated rings. The van der Waals surface area contributed by atoms with Gasteiger partial charge in [0.1, 0.15) is 0 Å². The van der Waals surface area contributed by atoms with Crippen molar-refractivity contribution in [2.24, 2.45) is 5.92 Å².